The number of methoxy groups -OCH3 is 1. The first-order valence-electron chi connectivity index (χ1n) is 6.94. The van der Waals surface area contributed by atoms with Gasteiger partial charge in [-0.2, -0.15) is 0 Å². The summed E-state index contributed by atoms with van der Waals surface area (Å²) in [6.45, 7) is 0. The van der Waals surface area contributed by atoms with Gasteiger partial charge in [0.15, 0.2) is 5.82 Å². The summed E-state index contributed by atoms with van der Waals surface area (Å²) in [6, 6.07) is 11.8. The van der Waals surface area contributed by atoms with Crippen molar-refractivity contribution in [3.8, 4) is 16.3 Å². The third-order valence-electron chi connectivity index (χ3n) is 3.27. The van der Waals surface area contributed by atoms with Crippen LogP contribution in [-0.4, -0.2) is 18.0 Å². The first-order valence-corrected chi connectivity index (χ1v) is 8.19. The van der Waals surface area contributed by atoms with E-state index >= 15 is 0 Å². The van der Waals surface area contributed by atoms with Gasteiger partial charge in [0.05, 0.1) is 17.8 Å². The van der Waals surface area contributed by atoms with E-state index in [9.17, 15) is 9.18 Å². The zero-order valence-corrected chi connectivity index (χ0v) is 14.1. The number of anilines is 1. The molecule has 0 unspecified atom stereocenters. The topological polar surface area (TPSA) is 51.2 Å². The third-order valence-corrected chi connectivity index (χ3v) is 4.46. The van der Waals surface area contributed by atoms with Crippen molar-refractivity contribution in [1.29, 1.82) is 0 Å². The number of benzene rings is 2. The van der Waals surface area contributed by atoms with Gasteiger partial charge in [-0.25, -0.2) is 9.37 Å². The number of nitrogens with zero attached hydrogens (tertiary/aromatic N) is 1. The maximum Gasteiger partial charge on any atom is 0.275 e. The summed E-state index contributed by atoms with van der Waals surface area (Å²) >= 11 is 7.03. The summed E-state index contributed by atoms with van der Waals surface area (Å²) in [4.78, 5) is 16.5. The van der Waals surface area contributed by atoms with E-state index in [1.54, 1.807) is 18.6 Å². The molecular formula is C17H12ClFN2O2S. The van der Waals surface area contributed by atoms with Crippen molar-refractivity contribution in [2.45, 2.75) is 0 Å². The average molecular weight is 363 g/mol. The molecule has 7 heteroatoms. The van der Waals surface area contributed by atoms with Gasteiger partial charge in [-0.1, -0.05) is 17.7 Å². The highest BCUT2D eigenvalue weighted by Gasteiger charge is 2.15. The second-order valence-electron chi connectivity index (χ2n) is 4.82. The lowest BCUT2D eigenvalue weighted by Crippen LogP contribution is -2.13. The number of carbonyl (C=O) groups is 1. The number of carbonyl (C=O) groups excluding carboxylic acids is 1. The van der Waals surface area contributed by atoms with Crippen LogP contribution in [0.5, 0.6) is 5.75 Å². The SMILES string of the molecule is COc1ccc(-c2nc(C(=O)Nc3cccc(Cl)c3F)cs2)cc1. The molecule has 1 amide bonds. The first-order chi connectivity index (χ1) is 11.6. The number of hydrogen-bond acceptors (Lipinski definition) is 4. The Hall–Kier alpha value is -2.44. The largest absolute Gasteiger partial charge is 0.497 e. The minimum atomic E-state index is -0.668. The molecule has 0 radical (unpaired) electrons. The first kappa shape index (κ1) is 16.4. The Morgan fingerprint density at radius 3 is 2.71 bits per heavy atom. The Morgan fingerprint density at radius 1 is 1.25 bits per heavy atom. The minimum absolute atomic E-state index is 0.0199. The van der Waals surface area contributed by atoms with Crippen LogP contribution >= 0.6 is 22.9 Å². The molecular weight excluding hydrogens is 351 g/mol. The highest BCUT2D eigenvalue weighted by atomic mass is 35.5. The maximum atomic E-state index is 13.8. The number of ether oxygens (including phenoxy) is 1. The summed E-state index contributed by atoms with van der Waals surface area (Å²) in [7, 11) is 1.59. The number of halogens is 2. The molecule has 2 aromatic carbocycles. The molecule has 0 saturated carbocycles. The van der Waals surface area contributed by atoms with Crippen LogP contribution in [0.15, 0.2) is 47.8 Å². The highest BCUT2D eigenvalue weighted by molar-refractivity contribution is 7.13. The van der Waals surface area contributed by atoms with Crippen molar-refractivity contribution >= 4 is 34.5 Å². The summed E-state index contributed by atoms with van der Waals surface area (Å²) in [5, 5.41) is 4.74. The second kappa shape index (κ2) is 6.98. The van der Waals surface area contributed by atoms with Crippen molar-refractivity contribution in [2.75, 3.05) is 12.4 Å². The average Bonchev–Trinajstić information content (AvgIpc) is 3.09. The molecule has 4 nitrogen and oxygen atoms in total. The predicted octanol–water partition coefficient (Wildman–Crippen LogP) is 4.86. The molecule has 0 bridgehead atoms. The molecule has 3 rings (SSSR count). The number of nitrogens with one attached hydrogen (secondary N) is 1. The fraction of sp³-hybridized carbons (Fsp3) is 0.0588. The van der Waals surface area contributed by atoms with E-state index in [1.165, 1.54) is 23.5 Å². The van der Waals surface area contributed by atoms with Gasteiger partial charge in [-0.05, 0) is 36.4 Å². The molecule has 0 aliphatic carbocycles. The summed E-state index contributed by atoms with van der Waals surface area (Å²) in [5.41, 5.74) is 1.10. The zero-order chi connectivity index (χ0) is 17.1. The van der Waals surface area contributed by atoms with E-state index in [1.807, 2.05) is 24.3 Å². The van der Waals surface area contributed by atoms with E-state index in [0.29, 0.717) is 5.01 Å². The molecule has 0 atom stereocenters. The van der Waals surface area contributed by atoms with Crippen LogP contribution in [-0.2, 0) is 0 Å². The predicted molar refractivity (Wildman–Crippen MR) is 93.5 cm³/mol. The third kappa shape index (κ3) is 3.39. The van der Waals surface area contributed by atoms with Crippen LogP contribution in [0.1, 0.15) is 10.5 Å². The molecule has 0 aliphatic rings. The van der Waals surface area contributed by atoms with E-state index in [0.717, 1.165) is 11.3 Å². The minimum Gasteiger partial charge on any atom is -0.497 e. The van der Waals surface area contributed by atoms with Gasteiger partial charge in [0.2, 0.25) is 0 Å². The van der Waals surface area contributed by atoms with Crippen molar-refractivity contribution in [3.63, 3.8) is 0 Å². The van der Waals surface area contributed by atoms with Crippen molar-refractivity contribution in [2.24, 2.45) is 0 Å². The summed E-state index contributed by atoms with van der Waals surface area (Å²) in [5.74, 6) is -0.421. The monoisotopic (exact) mass is 362 g/mol. The molecule has 0 aliphatic heterocycles. The van der Waals surface area contributed by atoms with Gasteiger partial charge in [0.1, 0.15) is 16.5 Å². The fourth-order valence-corrected chi connectivity index (χ4v) is 3.01. The molecule has 3 aromatic rings. The lowest BCUT2D eigenvalue weighted by atomic mass is 10.2. The fourth-order valence-electron chi connectivity index (χ4n) is 2.03. The van der Waals surface area contributed by atoms with Crippen molar-refractivity contribution in [1.82, 2.24) is 4.98 Å². The Bertz CT molecular complexity index is 881. The highest BCUT2D eigenvalue weighted by Crippen LogP contribution is 2.27. The lowest BCUT2D eigenvalue weighted by molar-refractivity contribution is 0.102. The lowest BCUT2D eigenvalue weighted by Gasteiger charge is -2.05. The number of amides is 1. The van der Waals surface area contributed by atoms with E-state index < -0.39 is 11.7 Å². The molecule has 1 heterocycles. The Morgan fingerprint density at radius 2 is 2.00 bits per heavy atom. The maximum absolute atomic E-state index is 13.8. The van der Waals surface area contributed by atoms with Crippen LogP contribution in [0, 0.1) is 5.82 Å². The molecule has 0 saturated heterocycles. The summed E-state index contributed by atoms with van der Waals surface area (Å²) < 4.78 is 19.0. The molecule has 122 valence electrons. The zero-order valence-electron chi connectivity index (χ0n) is 12.5. The number of rotatable bonds is 4. The molecule has 0 spiro atoms. The number of hydrogen-bond donors (Lipinski definition) is 1. The molecule has 24 heavy (non-hydrogen) atoms. The van der Waals surface area contributed by atoms with Gasteiger partial charge in [0, 0.05) is 10.9 Å². The van der Waals surface area contributed by atoms with Crippen LogP contribution in [0.2, 0.25) is 5.02 Å². The van der Waals surface area contributed by atoms with Crippen molar-refractivity contribution < 1.29 is 13.9 Å². The molecule has 0 fully saturated rings. The van der Waals surface area contributed by atoms with Crippen LogP contribution in [0.25, 0.3) is 10.6 Å². The second-order valence-corrected chi connectivity index (χ2v) is 6.09. The van der Waals surface area contributed by atoms with Crippen LogP contribution < -0.4 is 10.1 Å². The van der Waals surface area contributed by atoms with Crippen LogP contribution in [0.3, 0.4) is 0 Å². The quantitative estimate of drug-likeness (QED) is 0.720. The Labute approximate surface area is 146 Å². The van der Waals surface area contributed by atoms with Gasteiger partial charge in [0.25, 0.3) is 5.91 Å². The molecule has 1 aromatic heterocycles. The normalized spacial score (nSPS) is 10.5. The summed E-state index contributed by atoms with van der Waals surface area (Å²) in [6.07, 6.45) is 0. The Kier molecular flexibility index (Phi) is 4.78. The Balaban J connectivity index is 1.79. The van der Waals surface area contributed by atoms with Crippen molar-refractivity contribution in [3.05, 3.63) is 64.4 Å². The van der Waals surface area contributed by atoms with E-state index in [2.05, 4.69) is 10.3 Å². The van der Waals surface area contributed by atoms with Crippen LogP contribution in [0.4, 0.5) is 10.1 Å². The number of aromatic nitrogens is 1. The van der Waals surface area contributed by atoms with E-state index in [-0.39, 0.29) is 16.4 Å². The van der Waals surface area contributed by atoms with E-state index in [4.69, 9.17) is 16.3 Å². The smallest absolute Gasteiger partial charge is 0.275 e. The van der Waals surface area contributed by atoms with Gasteiger partial charge < -0.3 is 10.1 Å². The standard InChI is InChI=1S/C17H12ClFN2O2S/c1-23-11-7-5-10(6-8-11)17-21-14(9-24-17)16(22)20-13-4-2-3-12(18)15(13)19/h2-9H,1H3,(H,20,22). The van der Waals surface area contributed by atoms with Gasteiger partial charge in [-0.3, -0.25) is 4.79 Å². The molecule has 1 N–H and O–H groups in total. The van der Waals surface area contributed by atoms with Gasteiger partial charge >= 0.3 is 0 Å². The van der Waals surface area contributed by atoms with Gasteiger partial charge in [-0.15, -0.1) is 11.3 Å². The number of thiazole rings is 1.